The van der Waals surface area contributed by atoms with Gasteiger partial charge in [0.1, 0.15) is 6.54 Å². The molecule has 7 nitrogen and oxygen atoms in total. The average molecular weight is 487 g/mol. The van der Waals surface area contributed by atoms with Crippen LogP contribution in [0.4, 0.5) is 5.69 Å². The van der Waals surface area contributed by atoms with Gasteiger partial charge in [0.25, 0.3) is 0 Å². The number of hydrogen-bond donors (Lipinski definition) is 4. The van der Waals surface area contributed by atoms with Gasteiger partial charge in [-0.1, -0.05) is 19.1 Å². The van der Waals surface area contributed by atoms with E-state index in [1.165, 1.54) is 5.56 Å². The zero-order valence-corrected chi connectivity index (χ0v) is 18.3. The minimum Gasteiger partial charge on any atom is -0.357 e. The summed E-state index contributed by atoms with van der Waals surface area (Å²) >= 11 is 0. The number of carbonyl (C=O) groups is 2. The number of nitrogens with zero attached hydrogens (tertiary/aromatic N) is 1. The Morgan fingerprint density at radius 1 is 1.11 bits per heavy atom. The van der Waals surface area contributed by atoms with Crippen molar-refractivity contribution >= 4 is 47.4 Å². The second-order valence-electron chi connectivity index (χ2n) is 6.29. The number of amides is 2. The van der Waals surface area contributed by atoms with Gasteiger partial charge in [0.05, 0.1) is 0 Å². The first-order chi connectivity index (χ1) is 12.6. The Kier molecular flexibility index (Phi) is 10.8. The van der Waals surface area contributed by atoms with Crippen molar-refractivity contribution in [3.63, 3.8) is 0 Å². The first-order valence-corrected chi connectivity index (χ1v) is 9.31. The number of carbonyl (C=O) groups excluding carboxylic acids is 2. The number of nitrogens with one attached hydrogen (secondary N) is 4. The van der Waals surface area contributed by atoms with Gasteiger partial charge in [-0.3, -0.25) is 9.59 Å². The maximum atomic E-state index is 12.1. The lowest BCUT2D eigenvalue weighted by Gasteiger charge is -2.12. The smallest absolute Gasteiger partial charge is 0.246 e. The number of benzene rings is 1. The molecule has 2 amide bonds. The van der Waals surface area contributed by atoms with Crippen molar-refractivity contribution in [1.29, 1.82) is 0 Å². The molecule has 0 bridgehead atoms. The van der Waals surface area contributed by atoms with Crippen LogP contribution in [0.15, 0.2) is 29.3 Å². The molecule has 1 aromatic carbocycles. The quantitative estimate of drug-likeness (QED) is 0.185. The van der Waals surface area contributed by atoms with E-state index in [4.69, 9.17) is 0 Å². The summed E-state index contributed by atoms with van der Waals surface area (Å²) in [5.41, 5.74) is 1.96. The lowest BCUT2D eigenvalue weighted by atomic mass is 10.1. The average Bonchev–Trinajstić information content (AvgIpc) is 3.48. The van der Waals surface area contributed by atoms with Crippen LogP contribution in [0.1, 0.15) is 32.3 Å². The number of aryl methyl sites for hydroxylation is 1. The van der Waals surface area contributed by atoms with Gasteiger partial charge < -0.3 is 21.3 Å². The van der Waals surface area contributed by atoms with Crippen LogP contribution in [0.2, 0.25) is 0 Å². The molecule has 0 saturated heterocycles. The Balaban J connectivity index is 0.00000364. The van der Waals surface area contributed by atoms with Crippen molar-refractivity contribution in [1.82, 2.24) is 16.0 Å². The molecule has 1 aromatic rings. The molecule has 1 saturated carbocycles. The van der Waals surface area contributed by atoms with E-state index in [0.29, 0.717) is 25.6 Å². The third kappa shape index (κ3) is 9.07. The molecule has 0 radical (unpaired) electrons. The van der Waals surface area contributed by atoms with Gasteiger partial charge in [0.2, 0.25) is 11.8 Å². The molecular formula is C19H30IN5O2. The van der Waals surface area contributed by atoms with Gasteiger partial charge in [-0.25, -0.2) is 4.99 Å². The third-order valence-electron chi connectivity index (χ3n) is 4.01. The topological polar surface area (TPSA) is 94.6 Å². The number of guanidine groups is 1. The molecule has 1 fully saturated rings. The molecule has 0 unspecified atom stereocenters. The summed E-state index contributed by atoms with van der Waals surface area (Å²) in [5, 5.41) is 12.0. The third-order valence-corrected chi connectivity index (χ3v) is 4.01. The van der Waals surface area contributed by atoms with E-state index >= 15 is 0 Å². The molecule has 0 aliphatic heterocycles. The van der Waals surface area contributed by atoms with Gasteiger partial charge in [0, 0.05) is 31.2 Å². The van der Waals surface area contributed by atoms with E-state index in [0.717, 1.165) is 24.9 Å². The molecule has 0 atom stereocenters. The minimum absolute atomic E-state index is 0. The van der Waals surface area contributed by atoms with Crippen molar-refractivity contribution in [2.75, 3.05) is 31.5 Å². The van der Waals surface area contributed by atoms with E-state index in [1.54, 1.807) is 0 Å². The Morgan fingerprint density at radius 2 is 1.85 bits per heavy atom. The monoisotopic (exact) mass is 487 g/mol. The van der Waals surface area contributed by atoms with Crippen LogP contribution in [0.25, 0.3) is 0 Å². The van der Waals surface area contributed by atoms with Crippen molar-refractivity contribution < 1.29 is 9.59 Å². The molecule has 150 valence electrons. The lowest BCUT2D eigenvalue weighted by molar-refractivity contribution is -0.122. The molecule has 0 spiro atoms. The second-order valence-corrected chi connectivity index (χ2v) is 6.29. The van der Waals surface area contributed by atoms with Crippen LogP contribution in [0.5, 0.6) is 0 Å². The number of hydrogen-bond acceptors (Lipinski definition) is 3. The van der Waals surface area contributed by atoms with Crippen molar-refractivity contribution in [2.45, 2.75) is 33.1 Å². The Labute approximate surface area is 178 Å². The molecule has 1 aliphatic rings. The number of halogens is 1. The first-order valence-electron chi connectivity index (χ1n) is 9.31. The van der Waals surface area contributed by atoms with Gasteiger partial charge in [-0.2, -0.15) is 0 Å². The maximum Gasteiger partial charge on any atom is 0.246 e. The van der Waals surface area contributed by atoms with Crippen molar-refractivity contribution in [2.24, 2.45) is 10.9 Å². The molecular weight excluding hydrogens is 457 g/mol. The minimum atomic E-state index is -0.169. The largest absolute Gasteiger partial charge is 0.357 e. The summed E-state index contributed by atoms with van der Waals surface area (Å²) in [6, 6.07) is 7.79. The van der Waals surface area contributed by atoms with E-state index in [-0.39, 0.29) is 48.3 Å². The highest BCUT2D eigenvalue weighted by Crippen LogP contribution is 2.28. The van der Waals surface area contributed by atoms with Crippen LogP contribution < -0.4 is 21.3 Å². The number of rotatable bonds is 9. The number of anilines is 1. The summed E-state index contributed by atoms with van der Waals surface area (Å²) in [6.07, 6.45) is 2.92. The predicted octanol–water partition coefficient (Wildman–Crippen LogP) is 1.89. The van der Waals surface area contributed by atoms with Crippen molar-refractivity contribution in [3.05, 3.63) is 29.8 Å². The van der Waals surface area contributed by atoms with Crippen LogP contribution in [-0.2, 0) is 16.0 Å². The SMILES string of the molecule is CCNC(=NCC(=O)Nc1cccc(CC)c1)NCCNC(=O)C1CC1.I. The van der Waals surface area contributed by atoms with Gasteiger partial charge >= 0.3 is 0 Å². The molecule has 1 aliphatic carbocycles. The van der Waals surface area contributed by atoms with E-state index in [2.05, 4.69) is 33.2 Å². The molecule has 2 rings (SSSR count). The number of aliphatic imine (C=N–C) groups is 1. The molecule has 27 heavy (non-hydrogen) atoms. The second kappa shape index (κ2) is 12.5. The summed E-state index contributed by atoms with van der Waals surface area (Å²) in [6.45, 7) is 5.86. The van der Waals surface area contributed by atoms with Crippen LogP contribution in [0, 0.1) is 5.92 Å². The van der Waals surface area contributed by atoms with E-state index in [1.807, 2.05) is 31.2 Å². The van der Waals surface area contributed by atoms with Gasteiger partial charge in [-0.15, -0.1) is 24.0 Å². The summed E-state index contributed by atoms with van der Waals surface area (Å²) in [4.78, 5) is 27.9. The normalized spacial score (nSPS) is 13.3. The highest BCUT2D eigenvalue weighted by molar-refractivity contribution is 14.0. The fourth-order valence-electron chi connectivity index (χ4n) is 2.42. The van der Waals surface area contributed by atoms with E-state index < -0.39 is 0 Å². The Hall–Kier alpha value is -1.84. The highest BCUT2D eigenvalue weighted by atomic mass is 127. The summed E-state index contributed by atoms with van der Waals surface area (Å²) < 4.78 is 0. The Bertz CT molecular complexity index is 647. The maximum absolute atomic E-state index is 12.1. The fourth-order valence-corrected chi connectivity index (χ4v) is 2.42. The van der Waals surface area contributed by atoms with Gasteiger partial charge in [0.15, 0.2) is 5.96 Å². The molecule has 0 heterocycles. The Morgan fingerprint density at radius 3 is 2.52 bits per heavy atom. The predicted molar refractivity (Wildman–Crippen MR) is 120 cm³/mol. The first kappa shape index (κ1) is 23.2. The zero-order valence-electron chi connectivity index (χ0n) is 16.0. The fraction of sp³-hybridized carbons (Fsp3) is 0.526. The van der Waals surface area contributed by atoms with Crippen LogP contribution >= 0.6 is 24.0 Å². The summed E-state index contributed by atoms with van der Waals surface area (Å²) in [7, 11) is 0. The standard InChI is InChI=1S/C19H29N5O2.HI/c1-3-14-6-5-7-16(12-14)24-17(25)13-23-19(20-4-2)22-11-10-21-18(26)15-8-9-15;/h5-7,12,15H,3-4,8-11,13H2,1-2H3,(H,21,26)(H,24,25)(H2,20,22,23);1H. The lowest BCUT2D eigenvalue weighted by Crippen LogP contribution is -2.42. The van der Waals surface area contributed by atoms with Crippen LogP contribution in [-0.4, -0.2) is 44.0 Å². The molecule has 4 N–H and O–H groups in total. The van der Waals surface area contributed by atoms with Crippen molar-refractivity contribution in [3.8, 4) is 0 Å². The van der Waals surface area contributed by atoms with E-state index in [9.17, 15) is 9.59 Å². The summed E-state index contributed by atoms with van der Waals surface area (Å²) in [5.74, 6) is 0.734. The molecule has 0 aromatic heterocycles. The van der Waals surface area contributed by atoms with Gasteiger partial charge in [-0.05, 0) is 43.9 Å². The molecule has 8 heteroatoms. The van der Waals surface area contributed by atoms with Crippen LogP contribution in [0.3, 0.4) is 0 Å². The highest BCUT2D eigenvalue weighted by Gasteiger charge is 2.28. The zero-order chi connectivity index (χ0) is 18.8.